The molecule has 1 aromatic carbocycles. The number of hydrogen-bond acceptors (Lipinski definition) is 2. The Morgan fingerprint density at radius 1 is 1.38 bits per heavy atom. The monoisotopic (exact) mass is 177 g/mol. The quantitative estimate of drug-likeness (QED) is 0.631. The Morgan fingerprint density at radius 2 is 2.15 bits per heavy atom. The Morgan fingerprint density at radius 3 is 2.92 bits per heavy atom. The van der Waals surface area contributed by atoms with Crippen molar-refractivity contribution in [2.45, 2.75) is 32.2 Å². The fraction of sp³-hybridized carbons (Fsp3) is 0.455. The first-order valence-electron chi connectivity index (χ1n) is 4.74. The third-order valence-electron chi connectivity index (χ3n) is 2.78. The molecular formula is C11H15NO. The predicted octanol–water partition coefficient (Wildman–Crippen LogP) is 1.52. The molecule has 1 aliphatic rings. The molecule has 13 heavy (non-hydrogen) atoms. The first-order valence-corrected chi connectivity index (χ1v) is 4.74. The minimum Gasteiger partial charge on any atom is -0.508 e. The van der Waals surface area contributed by atoms with Crippen LogP contribution >= 0.6 is 0 Å². The van der Waals surface area contributed by atoms with Gasteiger partial charge in [-0.1, -0.05) is 6.07 Å². The van der Waals surface area contributed by atoms with Crippen molar-refractivity contribution in [3.63, 3.8) is 0 Å². The Kier molecular flexibility index (Phi) is 2.00. The molecule has 0 aromatic heterocycles. The zero-order valence-corrected chi connectivity index (χ0v) is 7.88. The summed E-state index contributed by atoms with van der Waals surface area (Å²) in [6, 6.07) is 4.25. The van der Waals surface area contributed by atoms with Crippen LogP contribution in [0.5, 0.6) is 5.75 Å². The number of aryl methyl sites for hydroxylation is 2. The smallest absolute Gasteiger partial charge is 0.118 e. The molecule has 1 unspecified atom stereocenters. The lowest BCUT2D eigenvalue weighted by Gasteiger charge is -2.22. The summed E-state index contributed by atoms with van der Waals surface area (Å²) in [6.07, 6.45) is 3.00. The van der Waals surface area contributed by atoms with Gasteiger partial charge in [0.1, 0.15) is 5.75 Å². The highest BCUT2D eigenvalue weighted by Gasteiger charge is 2.16. The van der Waals surface area contributed by atoms with Crippen molar-refractivity contribution in [3.05, 3.63) is 28.8 Å². The number of rotatable bonds is 0. The van der Waals surface area contributed by atoms with Gasteiger partial charge in [0.2, 0.25) is 0 Å². The van der Waals surface area contributed by atoms with Gasteiger partial charge in [0.05, 0.1) is 0 Å². The van der Waals surface area contributed by atoms with Crippen molar-refractivity contribution in [2.24, 2.45) is 5.73 Å². The van der Waals surface area contributed by atoms with Crippen LogP contribution in [0.25, 0.3) is 0 Å². The maximum Gasteiger partial charge on any atom is 0.118 e. The molecule has 1 atom stereocenters. The standard InChI is InChI=1S/C11H15NO/c1-7-4-9-5-10(12)3-2-8(9)6-11(7)13/h4,6,10,13H,2-3,5,12H2,1H3. The predicted molar refractivity (Wildman–Crippen MR) is 52.8 cm³/mol. The molecule has 0 aliphatic heterocycles. The van der Waals surface area contributed by atoms with E-state index in [0.717, 1.165) is 24.8 Å². The Labute approximate surface area is 78.4 Å². The molecule has 1 aliphatic carbocycles. The first-order chi connectivity index (χ1) is 6.16. The second-order valence-electron chi connectivity index (χ2n) is 3.91. The van der Waals surface area contributed by atoms with E-state index in [1.165, 1.54) is 11.1 Å². The summed E-state index contributed by atoms with van der Waals surface area (Å²) < 4.78 is 0. The molecule has 1 aromatic rings. The van der Waals surface area contributed by atoms with E-state index in [9.17, 15) is 5.11 Å². The summed E-state index contributed by atoms with van der Waals surface area (Å²) in [4.78, 5) is 0. The summed E-state index contributed by atoms with van der Waals surface area (Å²) in [5.41, 5.74) is 9.41. The molecule has 2 heteroatoms. The zero-order valence-electron chi connectivity index (χ0n) is 7.88. The zero-order chi connectivity index (χ0) is 9.42. The van der Waals surface area contributed by atoms with Crippen molar-refractivity contribution in [1.82, 2.24) is 0 Å². The van der Waals surface area contributed by atoms with Gasteiger partial charge in [-0.3, -0.25) is 0 Å². The molecule has 0 heterocycles. The molecule has 3 N–H and O–H groups in total. The van der Waals surface area contributed by atoms with Crippen LogP contribution < -0.4 is 5.73 Å². The van der Waals surface area contributed by atoms with Crippen molar-refractivity contribution >= 4 is 0 Å². The van der Waals surface area contributed by atoms with Gasteiger partial charge in [-0.25, -0.2) is 0 Å². The number of hydrogen-bond donors (Lipinski definition) is 2. The van der Waals surface area contributed by atoms with E-state index in [-0.39, 0.29) is 0 Å². The van der Waals surface area contributed by atoms with Crippen molar-refractivity contribution in [1.29, 1.82) is 0 Å². The largest absolute Gasteiger partial charge is 0.508 e. The van der Waals surface area contributed by atoms with Crippen molar-refractivity contribution < 1.29 is 5.11 Å². The van der Waals surface area contributed by atoms with Crippen LogP contribution in [0.4, 0.5) is 0 Å². The second kappa shape index (κ2) is 3.04. The van der Waals surface area contributed by atoms with Crippen LogP contribution in [0.1, 0.15) is 23.1 Å². The van der Waals surface area contributed by atoms with Crippen molar-refractivity contribution in [3.8, 4) is 5.75 Å². The molecule has 0 saturated carbocycles. The number of benzene rings is 1. The molecule has 2 rings (SSSR count). The lowest BCUT2D eigenvalue weighted by Crippen LogP contribution is -2.27. The van der Waals surface area contributed by atoms with Crippen LogP contribution in [0, 0.1) is 6.92 Å². The summed E-state index contributed by atoms with van der Waals surface area (Å²) in [5, 5.41) is 9.51. The fourth-order valence-corrected chi connectivity index (χ4v) is 1.95. The van der Waals surface area contributed by atoms with Crippen LogP contribution in [0.2, 0.25) is 0 Å². The lowest BCUT2D eigenvalue weighted by atomic mass is 9.87. The highest BCUT2D eigenvalue weighted by atomic mass is 16.3. The van der Waals surface area contributed by atoms with Gasteiger partial charge in [0, 0.05) is 6.04 Å². The van der Waals surface area contributed by atoms with Gasteiger partial charge in [0.15, 0.2) is 0 Å². The normalized spacial score (nSPS) is 21.2. The van der Waals surface area contributed by atoms with Crippen LogP contribution in [0.3, 0.4) is 0 Å². The number of phenols is 1. The molecule has 0 spiro atoms. The van der Waals surface area contributed by atoms with Crippen LogP contribution in [-0.2, 0) is 12.8 Å². The molecule has 0 bridgehead atoms. The Bertz CT molecular complexity index is 333. The Balaban J connectivity index is 2.43. The minimum absolute atomic E-state index is 0.302. The lowest BCUT2D eigenvalue weighted by molar-refractivity contribution is 0.467. The Hall–Kier alpha value is -1.02. The second-order valence-corrected chi connectivity index (χ2v) is 3.91. The summed E-state index contributed by atoms with van der Waals surface area (Å²) in [5.74, 6) is 0.411. The highest BCUT2D eigenvalue weighted by molar-refractivity contribution is 5.42. The third-order valence-corrected chi connectivity index (χ3v) is 2.78. The topological polar surface area (TPSA) is 46.2 Å². The molecule has 0 fully saturated rings. The van der Waals surface area contributed by atoms with Crippen LogP contribution in [-0.4, -0.2) is 11.1 Å². The highest BCUT2D eigenvalue weighted by Crippen LogP contribution is 2.27. The molecular weight excluding hydrogens is 162 g/mol. The van der Waals surface area contributed by atoms with Crippen LogP contribution in [0.15, 0.2) is 12.1 Å². The van der Waals surface area contributed by atoms with Gasteiger partial charge in [-0.2, -0.15) is 0 Å². The van der Waals surface area contributed by atoms with Gasteiger partial charge < -0.3 is 10.8 Å². The van der Waals surface area contributed by atoms with E-state index < -0.39 is 0 Å². The van der Waals surface area contributed by atoms with Gasteiger partial charge >= 0.3 is 0 Å². The molecule has 2 nitrogen and oxygen atoms in total. The number of phenolic OH excluding ortho intramolecular Hbond substituents is 1. The first kappa shape index (κ1) is 8.57. The van der Waals surface area contributed by atoms with E-state index in [4.69, 9.17) is 5.73 Å². The minimum atomic E-state index is 0.302. The maximum atomic E-state index is 9.51. The third kappa shape index (κ3) is 1.54. The summed E-state index contributed by atoms with van der Waals surface area (Å²) in [7, 11) is 0. The van der Waals surface area contributed by atoms with E-state index >= 15 is 0 Å². The molecule has 0 saturated heterocycles. The van der Waals surface area contributed by atoms with E-state index in [1.54, 1.807) is 0 Å². The van der Waals surface area contributed by atoms with E-state index in [2.05, 4.69) is 6.07 Å². The van der Waals surface area contributed by atoms with E-state index in [0.29, 0.717) is 11.8 Å². The van der Waals surface area contributed by atoms with Crippen molar-refractivity contribution in [2.75, 3.05) is 0 Å². The fourth-order valence-electron chi connectivity index (χ4n) is 1.95. The average molecular weight is 177 g/mol. The van der Waals surface area contributed by atoms with Gasteiger partial charge in [0.25, 0.3) is 0 Å². The van der Waals surface area contributed by atoms with E-state index in [1.807, 2.05) is 13.0 Å². The SMILES string of the molecule is Cc1cc2c(cc1O)CCC(N)C2. The van der Waals surface area contributed by atoms with Gasteiger partial charge in [-0.15, -0.1) is 0 Å². The average Bonchev–Trinajstić information content (AvgIpc) is 2.08. The summed E-state index contributed by atoms with van der Waals surface area (Å²) >= 11 is 0. The molecule has 0 amide bonds. The maximum absolute atomic E-state index is 9.51. The number of fused-ring (bicyclic) bond motifs is 1. The summed E-state index contributed by atoms with van der Waals surface area (Å²) in [6.45, 7) is 1.93. The van der Waals surface area contributed by atoms with Gasteiger partial charge in [-0.05, 0) is 48.9 Å². The molecule has 0 radical (unpaired) electrons. The number of aromatic hydroxyl groups is 1. The number of nitrogens with two attached hydrogens (primary N) is 1. The molecule has 70 valence electrons.